The van der Waals surface area contributed by atoms with Crippen LogP contribution in [0.1, 0.15) is 12.0 Å². The van der Waals surface area contributed by atoms with Gasteiger partial charge in [0.25, 0.3) is 0 Å². The maximum atomic E-state index is 6.75. The van der Waals surface area contributed by atoms with Crippen molar-refractivity contribution < 1.29 is 4.74 Å². The van der Waals surface area contributed by atoms with E-state index in [0.29, 0.717) is 17.5 Å². The van der Waals surface area contributed by atoms with Crippen LogP contribution in [0, 0.1) is 0 Å². The molecule has 11 rings (SSSR count). The molecule has 57 heavy (non-hydrogen) atoms. The Morgan fingerprint density at radius 2 is 0.947 bits per heavy atom. The molecule has 4 nitrogen and oxygen atoms in total. The Kier molecular flexibility index (Phi) is 7.92. The molecule has 9 aromatic rings. The van der Waals surface area contributed by atoms with E-state index in [0.717, 1.165) is 67.6 Å². The summed E-state index contributed by atoms with van der Waals surface area (Å²) >= 11 is 0. The summed E-state index contributed by atoms with van der Waals surface area (Å²) in [6.07, 6.45) is 7.23. The lowest BCUT2D eigenvalue weighted by molar-refractivity contribution is 0.279. The molecule has 0 saturated carbocycles. The highest BCUT2D eigenvalue weighted by Gasteiger charge is 2.33. The Labute approximate surface area is 331 Å². The van der Waals surface area contributed by atoms with E-state index in [1.54, 1.807) is 0 Å². The van der Waals surface area contributed by atoms with Gasteiger partial charge in [0, 0.05) is 34.2 Å². The summed E-state index contributed by atoms with van der Waals surface area (Å²) in [6.45, 7) is 0. The van der Waals surface area contributed by atoms with Crippen molar-refractivity contribution in [3.8, 4) is 73.3 Å². The summed E-state index contributed by atoms with van der Waals surface area (Å²) in [6, 6.07) is 62.1. The molecule has 0 fully saturated rings. The average Bonchev–Trinajstić information content (AvgIpc) is 3.67. The molecule has 0 amide bonds. The van der Waals surface area contributed by atoms with Crippen molar-refractivity contribution >= 4 is 27.1 Å². The minimum atomic E-state index is -0.0622. The lowest BCUT2D eigenvalue weighted by Gasteiger charge is -2.15. The highest BCUT2D eigenvalue weighted by molar-refractivity contribution is 5.95. The highest BCUT2D eigenvalue weighted by Crippen LogP contribution is 2.48. The second-order valence-corrected chi connectivity index (χ2v) is 14.7. The summed E-state index contributed by atoms with van der Waals surface area (Å²) in [5.41, 5.74) is 11.8. The number of nitrogens with zero attached hydrogens (tertiary/aromatic N) is 3. The molecule has 0 N–H and O–H groups in total. The van der Waals surface area contributed by atoms with Crippen LogP contribution in [-0.4, -0.2) is 21.1 Å². The quantitative estimate of drug-likeness (QED) is 0.171. The van der Waals surface area contributed by atoms with Gasteiger partial charge in [0.05, 0.1) is 0 Å². The summed E-state index contributed by atoms with van der Waals surface area (Å²) in [5, 5.41) is 4.67. The van der Waals surface area contributed by atoms with Gasteiger partial charge in [-0.2, -0.15) is 0 Å². The third-order valence-corrected chi connectivity index (χ3v) is 11.2. The zero-order chi connectivity index (χ0) is 37.7. The number of benzene rings is 8. The van der Waals surface area contributed by atoms with Crippen molar-refractivity contribution in [1.82, 2.24) is 15.0 Å². The van der Waals surface area contributed by atoms with E-state index in [9.17, 15) is 0 Å². The molecular weight excluding hydrogens is 695 g/mol. The van der Waals surface area contributed by atoms with Gasteiger partial charge >= 0.3 is 0 Å². The van der Waals surface area contributed by atoms with Crippen molar-refractivity contribution in [2.45, 2.75) is 12.5 Å². The number of fused-ring (bicyclic) bond motifs is 5. The van der Waals surface area contributed by atoms with E-state index < -0.39 is 0 Å². The molecule has 2 heterocycles. The van der Waals surface area contributed by atoms with Crippen LogP contribution in [0.5, 0.6) is 5.75 Å². The lowest BCUT2D eigenvalue weighted by atomic mass is 9.90. The second-order valence-electron chi connectivity index (χ2n) is 14.7. The number of hydrogen-bond donors (Lipinski definition) is 0. The van der Waals surface area contributed by atoms with Gasteiger partial charge in [-0.15, -0.1) is 0 Å². The molecule has 0 radical (unpaired) electrons. The van der Waals surface area contributed by atoms with Crippen molar-refractivity contribution in [3.63, 3.8) is 0 Å². The molecule has 0 saturated heterocycles. The van der Waals surface area contributed by atoms with Crippen LogP contribution in [0.2, 0.25) is 0 Å². The number of aromatic nitrogens is 3. The first-order valence-corrected chi connectivity index (χ1v) is 19.4. The van der Waals surface area contributed by atoms with Gasteiger partial charge < -0.3 is 4.74 Å². The van der Waals surface area contributed by atoms with Gasteiger partial charge in [-0.25, -0.2) is 15.0 Å². The standard InChI is InChI=1S/C53H35N3O/c1-3-12-34(13-4-1)39-18-11-19-42(28-39)51-54-52(43-27-24-36-16-7-8-17-38(36)29-43)56-53(55-51)47-32-45(33-49-50(47)46-20-9-10-21-48(46)57-49)41-26-23-37-22-25-40(30-44(37)31-41)35-14-5-2-6-15-35/h1-20,22-33,48H,21H2. The number of hydrogen-bond acceptors (Lipinski definition) is 4. The Morgan fingerprint density at radius 3 is 1.68 bits per heavy atom. The lowest BCUT2D eigenvalue weighted by Crippen LogP contribution is -2.12. The number of allylic oxidation sites excluding steroid dienone is 2. The predicted molar refractivity (Wildman–Crippen MR) is 234 cm³/mol. The first kappa shape index (κ1) is 33.0. The first-order chi connectivity index (χ1) is 28.2. The Morgan fingerprint density at radius 1 is 0.404 bits per heavy atom. The largest absolute Gasteiger partial charge is 0.485 e. The fraction of sp³-hybridized carbons (Fsp3) is 0.0377. The van der Waals surface area contributed by atoms with Crippen LogP contribution in [-0.2, 0) is 0 Å². The van der Waals surface area contributed by atoms with Crippen LogP contribution in [0.4, 0.5) is 0 Å². The maximum absolute atomic E-state index is 6.75. The third kappa shape index (κ3) is 6.09. The minimum Gasteiger partial charge on any atom is -0.485 e. The predicted octanol–water partition coefficient (Wildman–Crippen LogP) is 13.3. The molecule has 1 aromatic heterocycles. The summed E-state index contributed by atoms with van der Waals surface area (Å²) in [4.78, 5) is 15.8. The summed E-state index contributed by atoms with van der Waals surface area (Å²) in [5.74, 6) is 2.70. The molecular formula is C53H35N3O. The van der Waals surface area contributed by atoms with Crippen LogP contribution in [0.25, 0.3) is 94.7 Å². The van der Waals surface area contributed by atoms with Crippen molar-refractivity contribution in [2.75, 3.05) is 0 Å². The smallest absolute Gasteiger partial charge is 0.164 e. The zero-order valence-electron chi connectivity index (χ0n) is 31.0. The highest BCUT2D eigenvalue weighted by atomic mass is 16.5. The average molecular weight is 730 g/mol. The van der Waals surface area contributed by atoms with E-state index in [1.807, 2.05) is 6.07 Å². The van der Waals surface area contributed by atoms with E-state index in [2.05, 4.69) is 188 Å². The van der Waals surface area contributed by atoms with Crippen LogP contribution < -0.4 is 4.74 Å². The molecule has 4 heteroatoms. The Bertz CT molecular complexity index is 3080. The SMILES string of the molecule is C1=CCC2Oc3cc(-c4ccc5ccc(-c6ccccc6)cc5c4)cc(-c4nc(-c5cccc(-c6ccccc6)c5)nc(-c5ccc6ccccc6c5)n4)c3C2=C1. The molecule has 268 valence electrons. The second kappa shape index (κ2) is 13.7. The number of rotatable bonds is 6. The molecule has 2 aliphatic rings. The normalized spacial score (nSPS) is 14.2. The van der Waals surface area contributed by atoms with E-state index >= 15 is 0 Å². The molecule has 1 unspecified atom stereocenters. The van der Waals surface area contributed by atoms with Crippen LogP contribution in [0.15, 0.2) is 194 Å². The van der Waals surface area contributed by atoms with Gasteiger partial charge in [-0.05, 0) is 91.3 Å². The van der Waals surface area contributed by atoms with Crippen LogP contribution in [0.3, 0.4) is 0 Å². The fourth-order valence-electron chi connectivity index (χ4n) is 8.25. The summed E-state index contributed by atoms with van der Waals surface area (Å²) < 4.78 is 6.75. The molecule has 0 spiro atoms. The van der Waals surface area contributed by atoms with Crippen molar-refractivity contribution in [2.24, 2.45) is 0 Å². The maximum Gasteiger partial charge on any atom is 0.164 e. The first-order valence-electron chi connectivity index (χ1n) is 19.4. The topological polar surface area (TPSA) is 47.9 Å². The van der Waals surface area contributed by atoms with Gasteiger partial charge in [-0.3, -0.25) is 0 Å². The molecule has 1 aliphatic carbocycles. The van der Waals surface area contributed by atoms with E-state index in [-0.39, 0.29) is 6.10 Å². The molecule has 8 aromatic carbocycles. The van der Waals surface area contributed by atoms with Crippen LogP contribution >= 0.6 is 0 Å². The van der Waals surface area contributed by atoms with E-state index in [1.165, 1.54) is 27.3 Å². The van der Waals surface area contributed by atoms with Gasteiger partial charge in [0.2, 0.25) is 0 Å². The molecule has 1 atom stereocenters. The fourth-order valence-corrected chi connectivity index (χ4v) is 8.25. The van der Waals surface area contributed by atoms with Gasteiger partial charge in [0.1, 0.15) is 11.9 Å². The van der Waals surface area contributed by atoms with E-state index in [4.69, 9.17) is 19.7 Å². The monoisotopic (exact) mass is 729 g/mol. The third-order valence-electron chi connectivity index (χ3n) is 11.2. The Balaban J connectivity index is 1.12. The Hall–Kier alpha value is -7.43. The van der Waals surface area contributed by atoms with Gasteiger partial charge in [-0.1, -0.05) is 158 Å². The summed E-state index contributed by atoms with van der Waals surface area (Å²) in [7, 11) is 0. The van der Waals surface area contributed by atoms with Gasteiger partial charge in [0.15, 0.2) is 17.5 Å². The van der Waals surface area contributed by atoms with Crippen molar-refractivity contribution in [3.05, 3.63) is 200 Å². The van der Waals surface area contributed by atoms with Crippen molar-refractivity contribution in [1.29, 1.82) is 0 Å². The number of ether oxygens (including phenoxy) is 1. The zero-order valence-corrected chi connectivity index (χ0v) is 31.0. The molecule has 0 bridgehead atoms. The minimum absolute atomic E-state index is 0.0622. The molecule has 1 aliphatic heterocycles.